The predicted octanol–water partition coefficient (Wildman–Crippen LogP) is 2.85. The first-order valence-corrected chi connectivity index (χ1v) is 4.73. The topological polar surface area (TPSA) is 24.9 Å². The van der Waals surface area contributed by atoms with Crippen molar-refractivity contribution in [1.82, 2.24) is 4.98 Å². The first-order valence-electron chi connectivity index (χ1n) is 3.50. The van der Waals surface area contributed by atoms with Crippen molar-refractivity contribution in [3.8, 4) is 0 Å². The van der Waals surface area contributed by atoms with Gasteiger partial charge in [0.25, 0.3) is 0 Å². The Morgan fingerprint density at radius 1 is 1.58 bits per heavy atom. The monoisotopic (exact) mass is 244 g/mol. The number of nitrogens with one attached hydrogen (secondary N) is 1. The number of alkyl halides is 1. The zero-order chi connectivity index (χ0) is 8.55. The Morgan fingerprint density at radius 3 is 3.25 bits per heavy atom. The zero-order valence-electron chi connectivity index (χ0n) is 6.09. The van der Waals surface area contributed by atoms with Crippen LogP contribution in [-0.4, -0.2) is 10.5 Å². The molecule has 2 rings (SSSR count). The first-order chi connectivity index (χ1) is 5.75. The van der Waals surface area contributed by atoms with Crippen LogP contribution in [-0.2, 0) is 0 Å². The van der Waals surface area contributed by atoms with Gasteiger partial charge in [0.1, 0.15) is 10.1 Å². The van der Waals surface area contributed by atoms with E-state index in [1.807, 2.05) is 18.2 Å². The summed E-state index contributed by atoms with van der Waals surface area (Å²) in [6.45, 7) is 0. The molecular weight excluding hydrogens is 239 g/mol. The van der Waals surface area contributed by atoms with Crippen molar-refractivity contribution < 1.29 is 0 Å². The number of rotatable bonds is 0. The lowest BCUT2D eigenvalue weighted by atomic mass is 10.2. The van der Waals surface area contributed by atoms with E-state index in [0.717, 1.165) is 15.9 Å². The van der Waals surface area contributed by atoms with Crippen molar-refractivity contribution in [2.24, 2.45) is 0 Å². The fourth-order valence-electron chi connectivity index (χ4n) is 1.08. The van der Waals surface area contributed by atoms with Gasteiger partial charge in [-0.25, -0.2) is 4.98 Å². The van der Waals surface area contributed by atoms with Crippen LogP contribution in [0.1, 0.15) is 5.56 Å². The molecular formula is C8H6BrClN2. The number of hydrogen-bond donors (Lipinski definition) is 1. The van der Waals surface area contributed by atoms with Gasteiger partial charge in [0.05, 0.1) is 0 Å². The van der Waals surface area contributed by atoms with Crippen LogP contribution < -0.4 is 5.32 Å². The smallest absolute Gasteiger partial charge is 0.120 e. The van der Waals surface area contributed by atoms with Crippen molar-refractivity contribution in [1.29, 1.82) is 0 Å². The molecule has 0 fully saturated rings. The summed E-state index contributed by atoms with van der Waals surface area (Å²) in [6.07, 6.45) is 5.65. The van der Waals surface area contributed by atoms with Crippen molar-refractivity contribution in [2.75, 3.05) is 5.32 Å². The minimum Gasteiger partial charge on any atom is -0.365 e. The average molecular weight is 246 g/mol. The van der Waals surface area contributed by atoms with Crippen LogP contribution in [0.25, 0.3) is 6.08 Å². The van der Waals surface area contributed by atoms with Crippen LogP contribution in [0.5, 0.6) is 0 Å². The standard InChI is InChI=1S/C8H6BrClN2/c9-7-3-6-5(4-11-7)1-2-8(10)12-6/h1-4,8,12H. The van der Waals surface area contributed by atoms with Gasteiger partial charge in [-0.2, -0.15) is 0 Å². The van der Waals surface area contributed by atoms with Gasteiger partial charge in [-0.05, 0) is 28.1 Å². The Hall–Kier alpha value is -0.540. The molecule has 2 nitrogen and oxygen atoms in total. The van der Waals surface area contributed by atoms with Crippen molar-refractivity contribution in [3.63, 3.8) is 0 Å². The molecule has 2 heterocycles. The van der Waals surface area contributed by atoms with Gasteiger partial charge in [0, 0.05) is 17.4 Å². The molecule has 1 atom stereocenters. The minimum absolute atomic E-state index is 0.119. The summed E-state index contributed by atoms with van der Waals surface area (Å²) in [6, 6.07) is 1.91. The van der Waals surface area contributed by atoms with Gasteiger partial charge in [-0.3, -0.25) is 0 Å². The van der Waals surface area contributed by atoms with E-state index in [4.69, 9.17) is 11.6 Å². The second-order valence-corrected chi connectivity index (χ2v) is 3.78. The third kappa shape index (κ3) is 1.47. The Balaban J connectivity index is 2.47. The van der Waals surface area contributed by atoms with E-state index in [9.17, 15) is 0 Å². The fourth-order valence-corrected chi connectivity index (χ4v) is 1.60. The van der Waals surface area contributed by atoms with Gasteiger partial charge in [-0.1, -0.05) is 17.7 Å². The Labute approximate surface area is 83.8 Å². The molecule has 0 radical (unpaired) electrons. The number of pyridine rings is 1. The van der Waals surface area contributed by atoms with Crippen LogP contribution >= 0.6 is 27.5 Å². The molecule has 0 bridgehead atoms. The fraction of sp³-hybridized carbons (Fsp3) is 0.125. The normalized spacial score (nSPS) is 20.0. The first kappa shape index (κ1) is 8.08. The third-order valence-electron chi connectivity index (χ3n) is 1.64. The SMILES string of the molecule is ClC1C=Cc2cnc(Br)cc2N1. The molecule has 1 aliphatic rings. The summed E-state index contributed by atoms with van der Waals surface area (Å²) >= 11 is 9.16. The summed E-state index contributed by atoms with van der Waals surface area (Å²) in [7, 11) is 0. The number of aromatic nitrogens is 1. The molecule has 62 valence electrons. The van der Waals surface area contributed by atoms with E-state index in [1.165, 1.54) is 0 Å². The van der Waals surface area contributed by atoms with Crippen molar-refractivity contribution in [2.45, 2.75) is 5.50 Å². The molecule has 1 aliphatic heterocycles. The molecule has 0 amide bonds. The summed E-state index contributed by atoms with van der Waals surface area (Å²) in [5.41, 5.74) is 1.96. The van der Waals surface area contributed by atoms with E-state index < -0.39 is 0 Å². The molecule has 1 unspecified atom stereocenters. The van der Waals surface area contributed by atoms with Crippen molar-refractivity contribution in [3.05, 3.63) is 28.5 Å². The van der Waals surface area contributed by atoms with Crippen molar-refractivity contribution >= 4 is 39.3 Å². The lowest BCUT2D eigenvalue weighted by Crippen LogP contribution is -2.13. The van der Waals surface area contributed by atoms with Gasteiger partial charge in [-0.15, -0.1) is 0 Å². The van der Waals surface area contributed by atoms with E-state index in [1.54, 1.807) is 6.20 Å². The Bertz CT molecular complexity index is 338. The number of hydrogen-bond acceptors (Lipinski definition) is 2. The maximum Gasteiger partial charge on any atom is 0.120 e. The summed E-state index contributed by atoms with van der Waals surface area (Å²) in [5, 5.41) is 3.11. The lowest BCUT2D eigenvalue weighted by Gasteiger charge is -2.16. The van der Waals surface area contributed by atoms with Crippen LogP contribution in [0, 0.1) is 0 Å². The van der Waals surface area contributed by atoms with Crippen LogP contribution in [0.4, 0.5) is 5.69 Å². The van der Waals surface area contributed by atoms with Gasteiger partial charge >= 0.3 is 0 Å². The summed E-state index contributed by atoms with van der Waals surface area (Å²) in [4.78, 5) is 4.10. The average Bonchev–Trinajstić information content (AvgIpc) is 2.03. The number of anilines is 1. The number of fused-ring (bicyclic) bond motifs is 1. The lowest BCUT2D eigenvalue weighted by molar-refractivity contribution is 1.18. The summed E-state index contributed by atoms with van der Waals surface area (Å²) in [5.74, 6) is 0. The molecule has 0 saturated carbocycles. The number of nitrogens with zero attached hydrogens (tertiary/aromatic N) is 1. The molecule has 1 aromatic heterocycles. The van der Waals surface area contributed by atoms with E-state index in [0.29, 0.717) is 0 Å². The third-order valence-corrected chi connectivity index (χ3v) is 2.33. The minimum atomic E-state index is -0.119. The second kappa shape index (κ2) is 3.07. The highest BCUT2D eigenvalue weighted by molar-refractivity contribution is 9.10. The maximum atomic E-state index is 5.86. The molecule has 0 saturated heterocycles. The molecule has 0 aliphatic carbocycles. The zero-order valence-corrected chi connectivity index (χ0v) is 8.43. The molecule has 1 aromatic rings. The Kier molecular flexibility index (Phi) is 2.07. The highest BCUT2D eigenvalue weighted by Crippen LogP contribution is 2.25. The van der Waals surface area contributed by atoms with E-state index in [-0.39, 0.29) is 5.50 Å². The molecule has 1 N–H and O–H groups in total. The van der Waals surface area contributed by atoms with Gasteiger partial charge in [0.2, 0.25) is 0 Å². The quantitative estimate of drug-likeness (QED) is 0.432. The maximum absolute atomic E-state index is 5.86. The molecule has 0 spiro atoms. The van der Waals surface area contributed by atoms with Crippen LogP contribution in [0.3, 0.4) is 0 Å². The van der Waals surface area contributed by atoms with E-state index >= 15 is 0 Å². The highest BCUT2D eigenvalue weighted by Gasteiger charge is 2.09. The van der Waals surface area contributed by atoms with Gasteiger partial charge < -0.3 is 5.32 Å². The molecule has 12 heavy (non-hydrogen) atoms. The summed E-state index contributed by atoms with van der Waals surface area (Å²) < 4.78 is 0.813. The van der Waals surface area contributed by atoms with Crippen LogP contribution in [0.2, 0.25) is 0 Å². The largest absolute Gasteiger partial charge is 0.365 e. The van der Waals surface area contributed by atoms with Gasteiger partial charge in [0.15, 0.2) is 0 Å². The molecule has 4 heteroatoms. The second-order valence-electron chi connectivity index (χ2n) is 2.50. The van der Waals surface area contributed by atoms with Crippen LogP contribution in [0.15, 0.2) is 22.9 Å². The predicted molar refractivity (Wildman–Crippen MR) is 54.2 cm³/mol. The molecule has 0 aromatic carbocycles. The number of halogens is 2. The highest BCUT2D eigenvalue weighted by atomic mass is 79.9. The Morgan fingerprint density at radius 2 is 2.42 bits per heavy atom. The van der Waals surface area contributed by atoms with E-state index in [2.05, 4.69) is 26.2 Å².